The number of hydrogen-bond donors (Lipinski definition) is 1. The average molecular weight is 365 g/mol. The van der Waals surface area contributed by atoms with Crippen molar-refractivity contribution < 1.29 is 13.2 Å². The lowest BCUT2D eigenvalue weighted by molar-refractivity contribution is -0.117. The van der Waals surface area contributed by atoms with Crippen molar-refractivity contribution in [2.45, 2.75) is 24.3 Å². The molecule has 126 valence electrons. The number of nitrogens with one attached hydrogen (secondary N) is 1. The van der Waals surface area contributed by atoms with Gasteiger partial charge < -0.3 is 4.90 Å². The van der Waals surface area contributed by atoms with Crippen LogP contribution in [-0.4, -0.2) is 26.9 Å². The van der Waals surface area contributed by atoms with Crippen LogP contribution in [0.1, 0.15) is 12.0 Å². The van der Waals surface area contributed by atoms with E-state index >= 15 is 0 Å². The highest BCUT2D eigenvalue weighted by Crippen LogP contribution is 2.23. The van der Waals surface area contributed by atoms with Gasteiger partial charge in [0.15, 0.2) is 0 Å². The van der Waals surface area contributed by atoms with Crippen LogP contribution in [0.15, 0.2) is 53.4 Å². The van der Waals surface area contributed by atoms with Gasteiger partial charge in [0.1, 0.15) is 0 Å². The van der Waals surface area contributed by atoms with Crippen molar-refractivity contribution in [1.29, 1.82) is 0 Å². The Kier molecular flexibility index (Phi) is 4.62. The first kappa shape index (κ1) is 17.0. The Hall–Kier alpha value is -1.89. The minimum absolute atomic E-state index is 0.0948. The maximum absolute atomic E-state index is 12.4. The molecule has 5 nitrogen and oxygen atoms in total. The highest BCUT2D eigenvalue weighted by atomic mass is 35.5. The molecule has 24 heavy (non-hydrogen) atoms. The lowest BCUT2D eigenvalue weighted by Gasteiger charge is -2.17. The second kappa shape index (κ2) is 6.55. The van der Waals surface area contributed by atoms with Gasteiger partial charge in [0.05, 0.1) is 4.90 Å². The van der Waals surface area contributed by atoms with Gasteiger partial charge in [0.25, 0.3) is 0 Å². The highest BCUT2D eigenvalue weighted by Gasteiger charge is 2.33. The van der Waals surface area contributed by atoms with Crippen molar-refractivity contribution in [2.24, 2.45) is 0 Å². The molecule has 0 saturated carbocycles. The van der Waals surface area contributed by atoms with Gasteiger partial charge in [0.2, 0.25) is 15.9 Å². The Morgan fingerprint density at radius 3 is 2.33 bits per heavy atom. The maximum Gasteiger partial charge on any atom is 0.240 e. The van der Waals surface area contributed by atoms with E-state index in [0.29, 0.717) is 11.6 Å². The third-order valence-electron chi connectivity index (χ3n) is 3.92. The predicted molar refractivity (Wildman–Crippen MR) is 93.7 cm³/mol. The van der Waals surface area contributed by atoms with E-state index in [4.69, 9.17) is 11.6 Å². The molecule has 0 aliphatic carbocycles. The molecule has 0 bridgehead atoms. The van der Waals surface area contributed by atoms with Crippen LogP contribution in [0.3, 0.4) is 0 Å². The van der Waals surface area contributed by atoms with Crippen LogP contribution in [0.5, 0.6) is 0 Å². The summed E-state index contributed by atoms with van der Waals surface area (Å²) in [4.78, 5) is 13.9. The first-order valence-corrected chi connectivity index (χ1v) is 9.36. The molecule has 1 aliphatic heterocycles. The average Bonchev–Trinajstić information content (AvgIpc) is 2.88. The molecular weight excluding hydrogens is 348 g/mol. The van der Waals surface area contributed by atoms with Crippen LogP contribution in [0.25, 0.3) is 0 Å². The number of aryl methyl sites for hydroxylation is 1. The molecule has 1 atom stereocenters. The third kappa shape index (κ3) is 3.61. The van der Waals surface area contributed by atoms with Crippen molar-refractivity contribution in [3.05, 3.63) is 59.1 Å². The van der Waals surface area contributed by atoms with E-state index < -0.39 is 16.1 Å². The maximum atomic E-state index is 12.4. The zero-order chi connectivity index (χ0) is 17.3. The smallest absolute Gasteiger partial charge is 0.240 e. The number of halogens is 1. The molecule has 1 heterocycles. The molecule has 2 aromatic carbocycles. The van der Waals surface area contributed by atoms with Gasteiger partial charge in [-0.1, -0.05) is 29.3 Å². The SMILES string of the molecule is Cc1ccc(N2CC(NS(=O)(=O)c3ccc(Cl)cc3)CC2=O)cc1. The van der Waals surface area contributed by atoms with Crippen LogP contribution in [0.2, 0.25) is 5.02 Å². The van der Waals surface area contributed by atoms with Gasteiger partial charge in [-0.25, -0.2) is 13.1 Å². The number of amides is 1. The molecular formula is C17H17ClN2O3S. The van der Waals surface area contributed by atoms with Crippen molar-refractivity contribution in [3.63, 3.8) is 0 Å². The summed E-state index contributed by atoms with van der Waals surface area (Å²) in [6.45, 7) is 2.29. The Morgan fingerprint density at radius 2 is 1.71 bits per heavy atom. The summed E-state index contributed by atoms with van der Waals surface area (Å²) in [5, 5.41) is 0.468. The molecule has 1 fully saturated rings. The minimum Gasteiger partial charge on any atom is -0.311 e. The molecule has 1 N–H and O–H groups in total. The van der Waals surface area contributed by atoms with Crippen molar-refractivity contribution in [3.8, 4) is 0 Å². The van der Waals surface area contributed by atoms with Crippen LogP contribution in [0, 0.1) is 6.92 Å². The van der Waals surface area contributed by atoms with Gasteiger partial charge in [0, 0.05) is 29.7 Å². The van der Waals surface area contributed by atoms with Crippen molar-refractivity contribution in [2.75, 3.05) is 11.4 Å². The standard InChI is InChI=1S/C17H17ClN2O3S/c1-12-2-6-15(7-3-12)20-11-14(10-17(20)21)19-24(22,23)16-8-4-13(18)5-9-16/h2-9,14,19H,10-11H2,1H3. The van der Waals surface area contributed by atoms with E-state index in [1.54, 1.807) is 4.90 Å². The number of sulfonamides is 1. The molecule has 0 aromatic heterocycles. The fraction of sp³-hybridized carbons (Fsp3) is 0.235. The molecule has 1 aliphatic rings. The molecule has 1 amide bonds. The molecule has 0 spiro atoms. The van der Waals surface area contributed by atoms with E-state index in [1.807, 2.05) is 31.2 Å². The molecule has 1 unspecified atom stereocenters. The minimum atomic E-state index is -3.68. The summed E-state index contributed by atoms with van der Waals surface area (Å²) < 4.78 is 27.4. The molecule has 2 aromatic rings. The first-order valence-electron chi connectivity index (χ1n) is 7.50. The molecule has 3 rings (SSSR count). The Balaban J connectivity index is 1.74. The summed E-state index contributed by atoms with van der Waals surface area (Å²) in [7, 11) is -3.68. The van der Waals surface area contributed by atoms with E-state index in [9.17, 15) is 13.2 Å². The van der Waals surface area contributed by atoms with Gasteiger partial charge in [-0.3, -0.25) is 4.79 Å². The Labute approximate surface area is 146 Å². The molecule has 1 saturated heterocycles. The topological polar surface area (TPSA) is 66.5 Å². The Morgan fingerprint density at radius 1 is 1.08 bits per heavy atom. The fourth-order valence-corrected chi connectivity index (χ4v) is 4.02. The van der Waals surface area contributed by atoms with E-state index in [1.165, 1.54) is 24.3 Å². The summed E-state index contributed by atoms with van der Waals surface area (Å²) >= 11 is 5.78. The van der Waals surface area contributed by atoms with Gasteiger partial charge >= 0.3 is 0 Å². The van der Waals surface area contributed by atoms with E-state index in [0.717, 1.165) is 11.3 Å². The summed E-state index contributed by atoms with van der Waals surface area (Å²) in [5.41, 5.74) is 1.88. The largest absolute Gasteiger partial charge is 0.311 e. The van der Waals surface area contributed by atoms with Crippen LogP contribution in [0.4, 0.5) is 5.69 Å². The van der Waals surface area contributed by atoms with Crippen LogP contribution < -0.4 is 9.62 Å². The monoisotopic (exact) mass is 364 g/mol. The van der Waals surface area contributed by atoms with E-state index in [-0.39, 0.29) is 17.2 Å². The normalized spacial score (nSPS) is 18.2. The van der Waals surface area contributed by atoms with Gasteiger partial charge in [-0.2, -0.15) is 0 Å². The number of carbonyl (C=O) groups excluding carboxylic acids is 1. The lowest BCUT2D eigenvalue weighted by Crippen LogP contribution is -2.37. The van der Waals surface area contributed by atoms with Gasteiger partial charge in [-0.05, 0) is 43.3 Å². The predicted octanol–water partition coefficient (Wildman–Crippen LogP) is 2.73. The van der Waals surface area contributed by atoms with Crippen molar-refractivity contribution >= 4 is 33.2 Å². The second-order valence-electron chi connectivity index (χ2n) is 5.82. The number of nitrogens with zero attached hydrogens (tertiary/aromatic N) is 1. The molecule has 7 heteroatoms. The number of benzene rings is 2. The Bertz CT molecular complexity index is 848. The fourth-order valence-electron chi connectivity index (χ4n) is 2.66. The lowest BCUT2D eigenvalue weighted by atomic mass is 10.2. The quantitative estimate of drug-likeness (QED) is 0.907. The highest BCUT2D eigenvalue weighted by molar-refractivity contribution is 7.89. The molecule has 0 radical (unpaired) electrons. The van der Waals surface area contributed by atoms with E-state index in [2.05, 4.69) is 4.72 Å². The third-order valence-corrected chi connectivity index (χ3v) is 5.70. The zero-order valence-corrected chi connectivity index (χ0v) is 14.6. The number of rotatable bonds is 4. The number of hydrogen-bond acceptors (Lipinski definition) is 3. The van der Waals surface area contributed by atoms with Gasteiger partial charge in [-0.15, -0.1) is 0 Å². The van der Waals surface area contributed by atoms with Crippen molar-refractivity contribution in [1.82, 2.24) is 4.72 Å². The summed E-state index contributed by atoms with van der Waals surface area (Å²) in [6.07, 6.45) is 0.140. The summed E-state index contributed by atoms with van der Waals surface area (Å²) in [6, 6.07) is 13.1. The number of carbonyl (C=O) groups is 1. The first-order chi connectivity index (χ1) is 11.3. The summed E-state index contributed by atoms with van der Waals surface area (Å²) in [5.74, 6) is -0.0948. The number of anilines is 1. The zero-order valence-electron chi connectivity index (χ0n) is 13.1. The van der Waals surface area contributed by atoms with Crippen LogP contribution >= 0.6 is 11.6 Å². The van der Waals surface area contributed by atoms with Crippen LogP contribution in [-0.2, 0) is 14.8 Å². The second-order valence-corrected chi connectivity index (χ2v) is 7.97.